The molecule has 76 valence electrons. The molecule has 1 aromatic rings. The molecule has 1 aromatic carbocycles. The molecule has 0 bridgehead atoms. The van der Waals surface area contributed by atoms with Gasteiger partial charge in [0.25, 0.3) is 0 Å². The van der Waals surface area contributed by atoms with Gasteiger partial charge in [0.05, 0.1) is 12.0 Å². The second-order valence-corrected chi connectivity index (χ2v) is 3.41. The van der Waals surface area contributed by atoms with E-state index in [0.717, 1.165) is 24.8 Å². The third kappa shape index (κ3) is 3.88. The van der Waals surface area contributed by atoms with E-state index in [1.807, 2.05) is 37.3 Å². The van der Waals surface area contributed by atoms with E-state index in [0.29, 0.717) is 0 Å². The molecule has 0 amide bonds. The van der Waals surface area contributed by atoms with Crippen molar-refractivity contribution in [3.05, 3.63) is 35.9 Å². The van der Waals surface area contributed by atoms with E-state index < -0.39 is 0 Å². The average molecular weight is 197 g/mol. The third-order valence-electron chi connectivity index (χ3n) is 2.33. The Kier molecular flexibility index (Phi) is 5.06. The normalized spacial score (nSPS) is 10.9. The van der Waals surface area contributed by atoms with Crippen molar-refractivity contribution in [1.82, 2.24) is 0 Å². The lowest BCUT2D eigenvalue weighted by atomic mass is 9.95. The van der Waals surface area contributed by atoms with Crippen LogP contribution in [0.1, 0.15) is 37.7 Å². The van der Waals surface area contributed by atoms with Crippen LogP contribution in [0.25, 0.3) is 0 Å². The van der Waals surface area contributed by atoms with E-state index in [-0.39, 0.29) is 5.92 Å². The van der Waals surface area contributed by atoms with Gasteiger partial charge in [-0.05, 0) is 25.3 Å². The predicted molar refractivity (Wildman–Crippen MR) is 62.1 cm³/mol. The Bertz CT molecular complexity index is 375. The number of benzene rings is 1. The zero-order chi connectivity index (χ0) is 10.9. The molecule has 1 heteroatoms. The molecular formula is C14H15N. The molecule has 1 atom stereocenters. The fraction of sp³-hybridized carbons (Fsp3) is 0.357. The summed E-state index contributed by atoms with van der Waals surface area (Å²) in [6.07, 6.45) is 2.78. The van der Waals surface area contributed by atoms with Gasteiger partial charge in [-0.1, -0.05) is 30.3 Å². The number of hydrogen-bond acceptors (Lipinski definition) is 1. The fourth-order valence-electron chi connectivity index (χ4n) is 1.51. The lowest BCUT2D eigenvalue weighted by Crippen LogP contribution is -1.95. The molecule has 1 unspecified atom stereocenters. The van der Waals surface area contributed by atoms with Gasteiger partial charge in [-0.15, -0.1) is 11.8 Å². The molecule has 0 aromatic heterocycles. The lowest BCUT2D eigenvalue weighted by Gasteiger charge is -2.07. The van der Waals surface area contributed by atoms with Crippen molar-refractivity contribution in [3.8, 4) is 17.9 Å². The molecule has 1 nitrogen and oxygen atoms in total. The molecule has 0 aliphatic heterocycles. The highest BCUT2D eigenvalue weighted by molar-refractivity contribution is 5.24. The lowest BCUT2D eigenvalue weighted by molar-refractivity contribution is 0.699. The van der Waals surface area contributed by atoms with E-state index in [2.05, 4.69) is 17.9 Å². The van der Waals surface area contributed by atoms with Crippen LogP contribution < -0.4 is 0 Å². The standard InChI is InChI=1S/C14H15N/c1-2-3-4-6-11-14(12-15)13-9-7-5-8-10-13/h5,7-10,14H,4,6,11H2,1H3. The van der Waals surface area contributed by atoms with E-state index >= 15 is 0 Å². The highest BCUT2D eigenvalue weighted by Gasteiger charge is 2.08. The van der Waals surface area contributed by atoms with Gasteiger partial charge >= 0.3 is 0 Å². The molecule has 0 N–H and O–H groups in total. The summed E-state index contributed by atoms with van der Waals surface area (Å²) < 4.78 is 0. The van der Waals surface area contributed by atoms with Gasteiger partial charge in [0.15, 0.2) is 0 Å². The Morgan fingerprint density at radius 1 is 1.27 bits per heavy atom. The summed E-state index contributed by atoms with van der Waals surface area (Å²) in [6, 6.07) is 12.3. The van der Waals surface area contributed by atoms with Crippen molar-refractivity contribution in [2.75, 3.05) is 0 Å². The average Bonchev–Trinajstić information content (AvgIpc) is 2.30. The first-order valence-corrected chi connectivity index (χ1v) is 5.22. The SMILES string of the molecule is CC#CCCCC(C#N)c1ccccc1. The van der Waals surface area contributed by atoms with E-state index in [9.17, 15) is 0 Å². The highest BCUT2D eigenvalue weighted by atomic mass is 14.3. The maximum absolute atomic E-state index is 9.05. The third-order valence-corrected chi connectivity index (χ3v) is 2.33. The Balaban J connectivity index is 2.50. The Hall–Kier alpha value is -1.73. The topological polar surface area (TPSA) is 23.8 Å². The van der Waals surface area contributed by atoms with Crippen LogP contribution in [0.3, 0.4) is 0 Å². The minimum Gasteiger partial charge on any atom is -0.198 e. The summed E-state index contributed by atoms with van der Waals surface area (Å²) in [7, 11) is 0. The van der Waals surface area contributed by atoms with Crippen LogP contribution in [0.5, 0.6) is 0 Å². The van der Waals surface area contributed by atoms with Gasteiger partial charge < -0.3 is 0 Å². The first kappa shape index (κ1) is 11.3. The largest absolute Gasteiger partial charge is 0.198 e. The van der Waals surface area contributed by atoms with E-state index in [1.165, 1.54) is 0 Å². The molecule has 1 rings (SSSR count). The first-order chi connectivity index (χ1) is 7.38. The molecule has 0 spiro atoms. The Labute approximate surface area is 91.7 Å². The van der Waals surface area contributed by atoms with Gasteiger partial charge in [0, 0.05) is 6.42 Å². The van der Waals surface area contributed by atoms with Crippen LogP contribution in [0.4, 0.5) is 0 Å². The predicted octanol–water partition coefficient (Wildman–Crippen LogP) is 3.49. The number of unbranched alkanes of at least 4 members (excludes halogenated alkanes) is 1. The molecule has 15 heavy (non-hydrogen) atoms. The fourth-order valence-corrected chi connectivity index (χ4v) is 1.51. The van der Waals surface area contributed by atoms with E-state index in [4.69, 9.17) is 5.26 Å². The second-order valence-electron chi connectivity index (χ2n) is 3.41. The summed E-state index contributed by atoms with van der Waals surface area (Å²) in [4.78, 5) is 0. The highest BCUT2D eigenvalue weighted by Crippen LogP contribution is 2.20. The van der Waals surface area contributed by atoms with Crippen LogP contribution in [0, 0.1) is 23.2 Å². The number of nitrogens with zero attached hydrogens (tertiary/aromatic N) is 1. The molecule has 0 saturated carbocycles. The van der Waals surface area contributed by atoms with Gasteiger partial charge in [-0.3, -0.25) is 0 Å². The molecule has 0 aliphatic rings. The van der Waals surface area contributed by atoms with Crippen molar-refractivity contribution in [2.45, 2.75) is 32.1 Å². The van der Waals surface area contributed by atoms with Crippen LogP contribution in [-0.4, -0.2) is 0 Å². The zero-order valence-corrected chi connectivity index (χ0v) is 9.03. The molecule has 0 radical (unpaired) electrons. The van der Waals surface area contributed by atoms with Crippen molar-refractivity contribution in [2.24, 2.45) is 0 Å². The minimum atomic E-state index is 0.0184. The summed E-state index contributed by atoms with van der Waals surface area (Å²) in [5, 5.41) is 9.05. The van der Waals surface area contributed by atoms with Crippen LogP contribution in [0.15, 0.2) is 30.3 Å². The summed E-state index contributed by atoms with van der Waals surface area (Å²) in [6.45, 7) is 1.85. The number of hydrogen-bond donors (Lipinski definition) is 0. The van der Waals surface area contributed by atoms with Crippen LogP contribution in [0.2, 0.25) is 0 Å². The summed E-state index contributed by atoms with van der Waals surface area (Å²) in [5.74, 6) is 5.90. The van der Waals surface area contributed by atoms with Crippen LogP contribution >= 0.6 is 0 Å². The van der Waals surface area contributed by atoms with Gasteiger partial charge in [0.2, 0.25) is 0 Å². The number of nitriles is 1. The van der Waals surface area contributed by atoms with E-state index in [1.54, 1.807) is 0 Å². The van der Waals surface area contributed by atoms with Crippen molar-refractivity contribution < 1.29 is 0 Å². The summed E-state index contributed by atoms with van der Waals surface area (Å²) >= 11 is 0. The molecule has 0 fully saturated rings. The Morgan fingerprint density at radius 3 is 2.60 bits per heavy atom. The summed E-state index contributed by atoms with van der Waals surface area (Å²) in [5.41, 5.74) is 1.12. The molecular weight excluding hydrogens is 182 g/mol. The second kappa shape index (κ2) is 6.68. The zero-order valence-electron chi connectivity index (χ0n) is 9.03. The molecule has 0 aliphatic carbocycles. The quantitative estimate of drug-likeness (QED) is 0.535. The molecule has 0 heterocycles. The van der Waals surface area contributed by atoms with Crippen molar-refractivity contribution in [3.63, 3.8) is 0 Å². The van der Waals surface area contributed by atoms with Gasteiger partial charge in [-0.25, -0.2) is 0 Å². The maximum atomic E-state index is 9.05. The van der Waals surface area contributed by atoms with Crippen LogP contribution in [-0.2, 0) is 0 Å². The number of rotatable bonds is 4. The van der Waals surface area contributed by atoms with Crippen molar-refractivity contribution >= 4 is 0 Å². The van der Waals surface area contributed by atoms with Gasteiger partial charge in [-0.2, -0.15) is 5.26 Å². The van der Waals surface area contributed by atoms with Gasteiger partial charge in [0.1, 0.15) is 0 Å². The minimum absolute atomic E-state index is 0.0184. The first-order valence-electron chi connectivity index (χ1n) is 5.22. The molecule has 0 saturated heterocycles. The van der Waals surface area contributed by atoms with Crippen molar-refractivity contribution in [1.29, 1.82) is 5.26 Å². The Morgan fingerprint density at radius 2 is 2.00 bits per heavy atom. The monoisotopic (exact) mass is 197 g/mol. The maximum Gasteiger partial charge on any atom is 0.0713 e. The smallest absolute Gasteiger partial charge is 0.0713 e.